The average molecular weight is 281 g/mol. The Bertz CT molecular complexity index is 552. The van der Waals surface area contributed by atoms with Gasteiger partial charge in [0.2, 0.25) is 0 Å². The highest BCUT2D eigenvalue weighted by Crippen LogP contribution is 2.23. The maximum absolute atomic E-state index is 6.06. The van der Waals surface area contributed by atoms with Crippen molar-refractivity contribution in [2.75, 3.05) is 0 Å². The van der Waals surface area contributed by atoms with E-state index in [1.54, 1.807) is 0 Å². The van der Waals surface area contributed by atoms with Crippen molar-refractivity contribution in [3.8, 4) is 5.75 Å². The molecule has 19 heavy (non-hydrogen) atoms. The van der Waals surface area contributed by atoms with Crippen LogP contribution in [0.1, 0.15) is 44.0 Å². The molecule has 0 N–H and O–H groups in total. The lowest BCUT2D eigenvalue weighted by Gasteiger charge is -2.06. The van der Waals surface area contributed by atoms with Crippen LogP contribution in [0.25, 0.3) is 0 Å². The van der Waals surface area contributed by atoms with Crippen molar-refractivity contribution in [2.45, 2.75) is 39.7 Å². The summed E-state index contributed by atoms with van der Waals surface area (Å²) in [6.45, 7) is 6.35. The van der Waals surface area contributed by atoms with Crippen LogP contribution in [-0.2, 0) is 13.0 Å². The van der Waals surface area contributed by atoms with E-state index in [9.17, 15) is 0 Å². The first-order valence-electron chi connectivity index (χ1n) is 6.33. The predicted octanol–water partition coefficient (Wildman–Crippen LogP) is 3.99. The number of halogens is 1. The van der Waals surface area contributed by atoms with Gasteiger partial charge in [0.05, 0.1) is 0 Å². The Labute approximate surface area is 117 Å². The van der Waals surface area contributed by atoms with Gasteiger partial charge < -0.3 is 9.26 Å². The number of hydrogen-bond donors (Lipinski definition) is 0. The zero-order valence-corrected chi connectivity index (χ0v) is 12.1. The molecule has 0 aliphatic carbocycles. The first-order valence-corrected chi connectivity index (χ1v) is 6.71. The van der Waals surface area contributed by atoms with E-state index in [2.05, 4.69) is 17.1 Å². The van der Waals surface area contributed by atoms with Crippen LogP contribution in [0.2, 0.25) is 5.02 Å². The number of aryl methyl sites for hydroxylation is 1. The standard InChI is InChI=1S/C14H17ClN2O2/c1-4-10-7-11(5-6-12(10)15)18-8-13-16-14(9(2)3)17-19-13/h5-7,9H,4,8H2,1-3H3. The second kappa shape index (κ2) is 6.06. The van der Waals surface area contributed by atoms with Gasteiger partial charge in [-0.2, -0.15) is 4.98 Å². The monoisotopic (exact) mass is 280 g/mol. The average Bonchev–Trinajstić information content (AvgIpc) is 2.87. The second-order valence-corrected chi connectivity index (χ2v) is 5.00. The third kappa shape index (κ3) is 3.47. The molecule has 5 heteroatoms. The van der Waals surface area contributed by atoms with Crippen molar-refractivity contribution >= 4 is 11.6 Å². The van der Waals surface area contributed by atoms with Crippen LogP contribution in [0, 0.1) is 0 Å². The summed E-state index contributed by atoms with van der Waals surface area (Å²) in [5, 5.41) is 4.65. The molecule has 1 heterocycles. The van der Waals surface area contributed by atoms with Crippen molar-refractivity contribution in [3.63, 3.8) is 0 Å². The van der Waals surface area contributed by atoms with Crippen molar-refractivity contribution in [2.24, 2.45) is 0 Å². The number of hydrogen-bond acceptors (Lipinski definition) is 4. The molecular formula is C14H17ClN2O2. The third-order valence-corrected chi connectivity index (χ3v) is 3.13. The zero-order valence-electron chi connectivity index (χ0n) is 11.3. The van der Waals surface area contributed by atoms with E-state index in [0.717, 1.165) is 22.8 Å². The van der Waals surface area contributed by atoms with Gasteiger partial charge in [0.1, 0.15) is 5.75 Å². The molecule has 0 atom stereocenters. The molecule has 102 valence electrons. The van der Waals surface area contributed by atoms with Crippen molar-refractivity contribution in [1.82, 2.24) is 10.1 Å². The molecule has 0 aliphatic heterocycles. The Balaban J connectivity index is 2.01. The molecule has 0 radical (unpaired) electrons. The second-order valence-electron chi connectivity index (χ2n) is 4.60. The fourth-order valence-corrected chi connectivity index (χ4v) is 1.87. The molecule has 0 saturated carbocycles. The largest absolute Gasteiger partial charge is 0.484 e. The van der Waals surface area contributed by atoms with Gasteiger partial charge in [-0.25, -0.2) is 0 Å². The minimum absolute atomic E-state index is 0.250. The quantitative estimate of drug-likeness (QED) is 0.831. The van der Waals surface area contributed by atoms with Gasteiger partial charge in [0.25, 0.3) is 5.89 Å². The Morgan fingerprint density at radius 1 is 1.37 bits per heavy atom. The molecule has 0 fully saturated rings. The Kier molecular flexibility index (Phi) is 4.43. The van der Waals surface area contributed by atoms with E-state index in [-0.39, 0.29) is 12.5 Å². The van der Waals surface area contributed by atoms with E-state index in [0.29, 0.717) is 11.7 Å². The smallest absolute Gasteiger partial charge is 0.264 e. The molecule has 4 nitrogen and oxygen atoms in total. The summed E-state index contributed by atoms with van der Waals surface area (Å²) in [7, 11) is 0. The van der Waals surface area contributed by atoms with E-state index < -0.39 is 0 Å². The van der Waals surface area contributed by atoms with Gasteiger partial charge >= 0.3 is 0 Å². The maximum atomic E-state index is 6.06. The number of ether oxygens (including phenoxy) is 1. The first-order chi connectivity index (χ1) is 9.10. The summed E-state index contributed by atoms with van der Waals surface area (Å²) < 4.78 is 10.7. The van der Waals surface area contributed by atoms with Crippen LogP contribution in [0.4, 0.5) is 0 Å². The van der Waals surface area contributed by atoms with Crippen LogP contribution in [-0.4, -0.2) is 10.1 Å². The highest BCUT2D eigenvalue weighted by atomic mass is 35.5. The summed E-state index contributed by atoms with van der Waals surface area (Å²) in [6, 6.07) is 5.60. The summed E-state index contributed by atoms with van der Waals surface area (Å²) in [5.41, 5.74) is 1.06. The van der Waals surface area contributed by atoms with Gasteiger partial charge in [-0.15, -0.1) is 0 Å². The molecule has 0 bridgehead atoms. The number of nitrogens with zero attached hydrogens (tertiary/aromatic N) is 2. The van der Waals surface area contributed by atoms with Gasteiger partial charge in [0.15, 0.2) is 12.4 Å². The van der Waals surface area contributed by atoms with E-state index in [1.807, 2.05) is 32.0 Å². The van der Waals surface area contributed by atoms with E-state index >= 15 is 0 Å². The molecule has 0 aliphatic rings. The topological polar surface area (TPSA) is 48.2 Å². The molecule has 2 aromatic rings. The highest BCUT2D eigenvalue weighted by molar-refractivity contribution is 6.31. The molecular weight excluding hydrogens is 264 g/mol. The van der Waals surface area contributed by atoms with E-state index in [1.165, 1.54) is 0 Å². The molecule has 1 aromatic carbocycles. The molecule has 0 saturated heterocycles. The van der Waals surface area contributed by atoms with Crippen molar-refractivity contribution < 1.29 is 9.26 Å². The summed E-state index contributed by atoms with van der Waals surface area (Å²) in [6.07, 6.45) is 0.869. The SMILES string of the molecule is CCc1cc(OCc2nc(C(C)C)no2)ccc1Cl. The minimum atomic E-state index is 0.250. The predicted molar refractivity (Wildman–Crippen MR) is 73.5 cm³/mol. The maximum Gasteiger partial charge on any atom is 0.264 e. The van der Waals surface area contributed by atoms with Crippen molar-refractivity contribution in [1.29, 1.82) is 0 Å². The van der Waals surface area contributed by atoms with Crippen molar-refractivity contribution in [3.05, 3.63) is 40.5 Å². The van der Waals surface area contributed by atoms with Gasteiger partial charge in [-0.05, 0) is 30.2 Å². The number of benzene rings is 1. The zero-order chi connectivity index (χ0) is 13.8. The highest BCUT2D eigenvalue weighted by Gasteiger charge is 2.10. The van der Waals surface area contributed by atoms with Gasteiger partial charge in [-0.3, -0.25) is 0 Å². The Morgan fingerprint density at radius 3 is 2.79 bits per heavy atom. The summed E-state index contributed by atoms with van der Waals surface area (Å²) in [5.74, 6) is 2.19. The number of rotatable bonds is 5. The molecule has 0 amide bonds. The molecule has 2 rings (SSSR count). The van der Waals surface area contributed by atoms with Crippen LogP contribution < -0.4 is 4.74 Å². The summed E-state index contributed by atoms with van der Waals surface area (Å²) in [4.78, 5) is 4.26. The van der Waals surface area contributed by atoms with Crippen LogP contribution >= 0.6 is 11.6 Å². The Hall–Kier alpha value is -1.55. The van der Waals surface area contributed by atoms with Crippen LogP contribution in [0.5, 0.6) is 5.75 Å². The molecule has 1 aromatic heterocycles. The summed E-state index contributed by atoms with van der Waals surface area (Å²) >= 11 is 6.06. The lowest BCUT2D eigenvalue weighted by atomic mass is 10.1. The lowest BCUT2D eigenvalue weighted by Crippen LogP contribution is -1.97. The minimum Gasteiger partial charge on any atom is -0.484 e. The lowest BCUT2D eigenvalue weighted by molar-refractivity contribution is 0.242. The molecule has 0 unspecified atom stereocenters. The first kappa shape index (κ1) is 13.9. The van der Waals surface area contributed by atoms with Crippen LogP contribution in [0.3, 0.4) is 0 Å². The normalized spacial score (nSPS) is 11.0. The fraction of sp³-hybridized carbons (Fsp3) is 0.429. The van der Waals surface area contributed by atoms with E-state index in [4.69, 9.17) is 20.9 Å². The molecule has 0 spiro atoms. The fourth-order valence-electron chi connectivity index (χ4n) is 1.62. The Morgan fingerprint density at radius 2 is 2.16 bits per heavy atom. The van der Waals surface area contributed by atoms with Gasteiger partial charge in [-0.1, -0.05) is 37.5 Å². The van der Waals surface area contributed by atoms with Crippen LogP contribution in [0.15, 0.2) is 22.7 Å². The third-order valence-electron chi connectivity index (χ3n) is 2.76. The van der Waals surface area contributed by atoms with Gasteiger partial charge in [0, 0.05) is 10.9 Å². The number of aromatic nitrogens is 2.